The molecule has 1 aliphatic rings. The predicted molar refractivity (Wildman–Crippen MR) is 147 cm³/mol. The van der Waals surface area contributed by atoms with Crippen LogP contribution in [0.15, 0.2) is 47.6 Å². The topological polar surface area (TPSA) is 88.5 Å². The van der Waals surface area contributed by atoms with Gasteiger partial charge in [0, 0.05) is 23.1 Å². The van der Waals surface area contributed by atoms with E-state index in [1.165, 1.54) is 14.0 Å². The van der Waals surface area contributed by atoms with Crippen LogP contribution in [0, 0.1) is 11.3 Å². The number of carbonyl (C=O) groups is 2. The van der Waals surface area contributed by atoms with Crippen molar-refractivity contribution in [2.45, 2.75) is 57.2 Å². The number of aryl methyl sites for hydroxylation is 1. The molecule has 3 rings (SSSR count). The molecule has 3 unspecified atom stereocenters. The van der Waals surface area contributed by atoms with E-state index in [0.29, 0.717) is 10.8 Å². The lowest BCUT2D eigenvalue weighted by Crippen LogP contribution is -2.44. The fraction of sp³-hybridized carbons (Fsp3) is 0.444. The summed E-state index contributed by atoms with van der Waals surface area (Å²) in [5.41, 5.74) is 1.98. The molecule has 2 aromatic rings. The van der Waals surface area contributed by atoms with Crippen LogP contribution in [0.1, 0.15) is 46.1 Å². The molecule has 3 atom stereocenters. The van der Waals surface area contributed by atoms with E-state index in [1.54, 1.807) is 0 Å². The Morgan fingerprint density at radius 2 is 2.00 bits per heavy atom. The highest BCUT2D eigenvalue weighted by atomic mass is 35.5. The Bertz CT molecular complexity index is 1280. The van der Waals surface area contributed by atoms with Crippen molar-refractivity contribution >= 4 is 51.5 Å². The maximum atomic E-state index is 15.3. The first kappa shape index (κ1) is 30.1. The zero-order valence-electron chi connectivity index (χ0n) is 21.7. The number of thiazole rings is 1. The van der Waals surface area contributed by atoms with Gasteiger partial charge in [0.25, 0.3) is 5.91 Å². The molecule has 0 fully saturated rings. The van der Waals surface area contributed by atoms with E-state index >= 15 is 8.78 Å². The highest BCUT2D eigenvalue weighted by molar-refractivity contribution is 7.18. The van der Waals surface area contributed by atoms with Crippen LogP contribution < -0.4 is 10.1 Å². The molecule has 1 aliphatic carbocycles. The summed E-state index contributed by atoms with van der Waals surface area (Å²) in [6, 6.07) is 7.87. The molecule has 6 nitrogen and oxygen atoms in total. The Morgan fingerprint density at radius 3 is 2.58 bits per heavy atom. The van der Waals surface area contributed by atoms with Crippen molar-refractivity contribution in [2.75, 3.05) is 12.4 Å². The number of allylic oxidation sites excluding steroid dienone is 2. The third-order valence-corrected chi connectivity index (χ3v) is 7.72. The number of anilines is 1. The quantitative estimate of drug-likeness (QED) is 0.246. The average molecular weight is 588 g/mol. The summed E-state index contributed by atoms with van der Waals surface area (Å²) in [5, 5.41) is 6.45. The van der Waals surface area contributed by atoms with Crippen LogP contribution in [-0.4, -0.2) is 39.3 Å². The number of halogens is 4. The summed E-state index contributed by atoms with van der Waals surface area (Å²) in [7, 11) is 1.48. The number of carboxylic acid groups (broad SMARTS) is 1. The number of carbonyl (C=O) groups excluding carboxylic acids is 1. The van der Waals surface area contributed by atoms with Crippen molar-refractivity contribution in [2.24, 2.45) is 11.3 Å². The molecule has 2 N–H and O–H groups in total. The molecule has 0 radical (unpaired) electrons. The van der Waals surface area contributed by atoms with Crippen LogP contribution in [0.4, 0.5) is 13.9 Å². The number of amides is 1. The van der Waals surface area contributed by atoms with Crippen molar-refractivity contribution in [3.63, 3.8) is 0 Å². The largest absolute Gasteiger partial charge is 0.486 e. The van der Waals surface area contributed by atoms with E-state index in [-0.39, 0.29) is 21.7 Å². The molecular formula is C27H30Cl2F2N2O4S. The maximum absolute atomic E-state index is 15.3. The number of carboxylic acids is 1. The first-order valence-electron chi connectivity index (χ1n) is 11.9. The van der Waals surface area contributed by atoms with Gasteiger partial charge in [0.1, 0.15) is 5.69 Å². The molecule has 206 valence electrons. The van der Waals surface area contributed by atoms with E-state index in [4.69, 9.17) is 33.0 Å². The Morgan fingerprint density at radius 1 is 1.32 bits per heavy atom. The number of ether oxygens (including phenoxy) is 1. The number of hydrogen-bond donors (Lipinski definition) is 2. The van der Waals surface area contributed by atoms with Gasteiger partial charge in [0.2, 0.25) is 10.2 Å². The Labute approximate surface area is 234 Å². The van der Waals surface area contributed by atoms with Gasteiger partial charge in [0.15, 0.2) is 10.3 Å². The van der Waals surface area contributed by atoms with Gasteiger partial charge in [0.05, 0.1) is 13.0 Å². The number of rotatable bonds is 8. The number of hydrogen-bond acceptors (Lipinski definition) is 5. The minimum Gasteiger partial charge on any atom is -0.486 e. The molecule has 1 amide bonds. The van der Waals surface area contributed by atoms with E-state index in [1.807, 2.05) is 24.3 Å². The number of benzene rings is 1. The molecule has 0 saturated carbocycles. The zero-order chi connectivity index (χ0) is 28.5. The van der Waals surface area contributed by atoms with Crippen molar-refractivity contribution in [1.29, 1.82) is 0 Å². The number of aromatic nitrogens is 1. The van der Waals surface area contributed by atoms with Gasteiger partial charge in [-0.1, -0.05) is 79.6 Å². The minimum atomic E-state index is -2.93. The van der Waals surface area contributed by atoms with Crippen LogP contribution in [0.25, 0.3) is 11.3 Å². The third-order valence-electron chi connectivity index (χ3n) is 6.07. The van der Waals surface area contributed by atoms with Crippen LogP contribution in [0.5, 0.6) is 5.06 Å². The van der Waals surface area contributed by atoms with Crippen molar-refractivity contribution in [3.05, 3.63) is 53.1 Å². The molecular weight excluding hydrogens is 557 g/mol. The summed E-state index contributed by atoms with van der Waals surface area (Å²) in [5.74, 6) is -4.04. The second-order valence-electron chi connectivity index (χ2n) is 10.5. The molecule has 38 heavy (non-hydrogen) atoms. The highest BCUT2D eigenvalue weighted by Gasteiger charge is 2.54. The van der Waals surface area contributed by atoms with Gasteiger partial charge < -0.3 is 9.84 Å². The number of nitrogens with zero attached hydrogens (tertiary/aromatic N) is 1. The molecule has 1 heterocycles. The minimum absolute atomic E-state index is 0.157. The van der Waals surface area contributed by atoms with Crippen molar-refractivity contribution < 1.29 is 28.2 Å². The number of methoxy groups -OCH3 is 1. The number of aliphatic carboxylic acids is 1. The summed E-state index contributed by atoms with van der Waals surface area (Å²) < 4.78 is 36.0. The molecule has 0 bridgehead atoms. The van der Waals surface area contributed by atoms with Gasteiger partial charge >= 0.3 is 5.97 Å². The monoisotopic (exact) mass is 586 g/mol. The maximum Gasteiger partial charge on any atom is 0.330 e. The molecule has 1 aromatic heterocycles. The van der Waals surface area contributed by atoms with Crippen molar-refractivity contribution in [3.8, 4) is 16.3 Å². The van der Waals surface area contributed by atoms with E-state index in [0.717, 1.165) is 47.5 Å². The molecule has 0 spiro atoms. The lowest BCUT2D eigenvalue weighted by Gasteiger charge is -2.37. The fourth-order valence-electron chi connectivity index (χ4n) is 3.97. The first-order valence-corrected chi connectivity index (χ1v) is 13.4. The Hall–Kier alpha value is -2.49. The summed E-state index contributed by atoms with van der Waals surface area (Å²) in [6.45, 7) is 7.71. The Kier molecular flexibility index (Phi) is 8.95. The number of nitrogens with one attached hydrogen (secondary N) is 1. The molecule has 1 aromatic carbocycles. The van der Waals surface area contributed by atoms with Crippen LogP contribution in [-0.2, 0) is 16.0 Å². The standard InChI is InChI=1S/C27H30Cl2F2N2O4S/c1-15(22(35)36)11-19-26(28,30)13-18(14-27(19,29)31)21(34)33-24-32-20(23(37-5)38-24)17-8-6-7-16(12-17)9-10-25(2,3)4/h6-8,11-13,19H,9-10,14H2,1-5H3,(H,35,36)(H,32,33,34)/b15-11+. The van der Waals surface area contributed by atoms with E-state index < -0.39 is 34.5 Å². The van der Waals surface area contributed by atoms with Crippen molar-refractivity contribution in [1.82, 2.24) is 4.98 Å². The second-order valence-corrected chi connectivity index (χ2v) is 12.7. The predicted octanol–water partition coefficient (Wildman–Crippen LogP) is 7.52. The summed E-state index contributed by atoms with van der Waals surface area (Å²) >= 11 is 12.9. The summed E-state index contributed by atoms with van der Waals surface area (Å²) in [4.78, 5) is 28.6. The number of alkyl halides is 4. The SMILES string of the molecule is COc1sc(NC(=O)C2=CC(F)(Cl)C(/C=C(\C)C(=O)O)C(F)(Cl)C2)nc1-c1cccc(CCC(C)(C)C)c1. The zero-order valence-corrected chi connectivity index (χ0v) is 24.0. The van der Waals surface area contributed by atoms with Gasteiger partial charge in [-0.2, -0.15) is 0 Å². The Balaban J connectivity index is 1.85. The highest BCUT2D eigenvalue weighted by Crippen LogP contribution is 2.50. The van der Waals surface area contributed by atoms with Gasteiger partial charge in [-0.05, 0) is 42.9 Å². The van der Waals surface area contributed by atoms with E-state index in [2.05, 4.69) is 31.1 Å². The molecule has 11 heteroatoms. The van der Waals surface area contributed by atoms with Gasteiger partial charge in [-0.25, -0.2) is 18.6 Å². The smallest absolute Gasteiger partial charge is 0.330 e. The first-order chi connectivity index (χ1) is 17.5. The normalized spacial score (nSPS) is 24.1. The second kappa shape index (κ2) is 11.3. The van der Waals surface area contributed by atoms with Gasteiger partial charge in [-0.3, -0.25) is 10.1 Å². The molecule has 0 aliphatic heterocycles. The van der Waals surface area contributed by atoms with Crippen LogP contribution in [0.3, 0.4) is 0 Å². The van der Waals surface area contributed by atoms with E-state index in [9.17, 15) is 9.59 Å². The van der Waals surface area contributed by atoms with Crippen LogP contribution in [0.2, 0.25) is 0 Å². The lowest BCUT2D eigenvalue weighted by molar-refractivity contribution is -0.132. The molecule has 0 saturated heterocycles. The van der Waals surface area contributed by atoms with Crippen LogP contribution >= 0.6 is 34.5 Å². The lowest BCUT2D eigenvalue weighted by atomic mass is 9.83. The average Bonchev–Trinajstić information content (AvgIpc) is 3.21. The fourth-order valence-corrected chi connectivity index (χ4v) is 5.56. The summed E-state index contributed by atoms with van der Waals surface area (Å²) in [6.07, 6.45) is 2.77. The third kappa shape index (κ3) is 7.33. The van der Waals surface area contributed by atoms with Gasteiger partial charge in [-0.15, -0.1) is 0 Å².